The summed E-state index contributed by atoms with van der Waals surface area (Å²) in [6, 6.07) is 3.88. The summed E-state index contributed by atoms with van der Waals surface area (Å²) in [7, 11) is 0. The maximum atomic E-state index is 12.6. The maximum absolute atomic E-state index is 12.6. The highest BCUT2D eigenvalue weighted by Gasteiger charge is 2.25. The molecule has 122 valence electrons. The minimum Gasteiger partial charge on any atom is -0.396 e. The van der Waals surface area contributed by atoms with Crippen molar-refractivity contribution in [2.75, 3.05) is 24.6 Å². The Labute approximate surface area is 135 Å². The average molecular weight is 314 g/mol. The molecule has 6 nitrogen and oxygen atoms in total. The van der Waals surface area contributed by atoms with E-state index in [0.29, 0.717) is 18.9 Å². The fraction of sp³-hybridized carbons (Fsp3) is 0.471. The van der Waals surface area contributed by atoms with Gasteiger partial charge in [-0.3, -0.25) is 9.78 Å². The lowest BCUT2D eigenvalue weighted by Gasteiger charge is -2.19. The smallest absolute Gasteiger partial charge is 0.293 e. The highest BCUT2D eigenvalue weighted by Crippen LogP contribution is 2.23. The van der Waals surface area contributed by atoms with Gasteiger partial charge in [0.25, 0.3) is 5.56 Å². The van der Waals surface area contributed by atoms with E-state index in [2.05, 4.69) is 9.97 Å². The first kappa shape index (κ1) is 15.7. The molecule has 1 fully saturated rings. The number of aliphatic hydroxyl groups excluding tert-OH is 1. The Morgan fingerprint density at radius 1 is 1.43 bits per heavy atom. The lowest BCUT2D eigenvalue weighted by molar-refractivity contribution is 0.238. The van der Waals surface area contributed by atoms with Crippen LogP contribution >= 0.6 is 0 Å². The molecule has 1 saturated heterocycles. The van der Waals surface area contributed by atoms with Crippen LogP contribution in [0.5, 0.6) is 0 Å². The third-order valence-electron chi connectivity index (χ3n) is 4.33. The summed E-state index contributed by atoms with van der Waals surface area (Å²) in [5, 5.41) is 9.33. The summed E-state index contributed by atoms with van der Waals surface area (Å²) >= 11 is 0. The molecule has 0 aliphatic carbocycles. The van der Waals surface area contributed by atoms with E-state index in [-0.39, 0.29) is 18.1 Å². The third-order valence-corrected chi connectivity index (χ3v) is 4.33. The van der Waals surface area contributed by atoms with Gasteiger partial charge >= 0.3 is 0 Å². The summed E-state index contributed by atoms with van der Waals surface area (Å²) in [4.78, 5) is 23.4. The predicted molar refractivity (Wildman–Crippen MR) is 89.5 cm³/mol. The van der Waals surface area contributed by atoms with Crippen LogP contribution in [0.4, 0.5) is 5.82 Å². The minimum atomic E-state index is -0.0689. The molecule has 2 aromatic heterocycles. The van der Waals surface area contributed by atoms with Gasteiger partial charge in [-0.25, -0.2) is 4.98 Å². The van der Waals surface area contributed by atoms with Gasteiger partial charge in [0.15, 0.2) is 5.82 Å². The van der Waals surface area contributed by atoms with Crippen molar-refractivity contribution in [2.45, 2.75) is 26.8 Å². The number of anilines is 1. The fourth-order valence-corrected chi connectivity index (χ4v) is 2.98. The van der Waals surface area contributed by atoms with Crippen molar-refractivity contribution in [3.8, 4) is 11.3 Å². The highest BCUT2D eigenvalue weighted by atomic mass is 16.3. The summed E-state index contributed by atoms with van der Waals surface area (Å²) in [6.45, 7) is 6.08. The van der Waals surface area contributed by atoms with Gasteiger partial charge in [-0.2, -0.15) is 0 Å². The van der Waals surface area contributed by atoms with Crippen molar-refractivity contribution in [1.82, 2.24) is 14.5 Å². The standard InChI is InChI=1S/C17H22N4O2/c1-3-20-10-15(14-4-6-18-12(2)8-14)19-16(17(20)23)21-7-5-13(9-21)11-22/h4,6,8,10,13,22H,3,5,7,9,11H2,1-2H3/t13-/m1/s1. The van der Waals surface area contributed by atoms with Crippen LogP contribution in [0.3, 0.4) is 0 Å². The molecule has 23 heavy (non-hydrogen) atoms. The molecule has 2 aromatic rings. The van der Waals surface area contributed by atoms with Crippen LogP contribution < -0.4 is 10.5 Å². The summed E-state index contributed by atoms with van der Waals surface area (Å²) < 4.78 is 1.69. The van der Waals surface area contributed by atoms with Crippen LogP contribution in [0, 0.1) is 12.8 Å². The minimum absolute atomic E-state index is 0.0689. The number of pyridine rings is 1. The van der Waals surface area contributed by atoms with Crippen molar-refractivity contribution in [3.63, 3.8) is 0 Å². The molecule has 1 aliphatic heterocycles. The van der Waals surface area contributed by atoms with E-state index in [1.165, 1.54) is 0 Å². The zero-order valence-electron chi connectivity index (χ0n) is 13.6. The average Bonchev–Trinajstić information content (AvgIpc) is 3.04. The molecule has 0 radical (unpaired) electrons. The van der Waals surface area contributed by atoms with E-state index < -0.39 is 0 Å². The number of hydrogen-bond donors (Lipinski definition) is 1. The van der Waals surface area contributed by atoms with Gasteiger partial charge in [0.2, 0.25) is 0 Å². The first-order chi connectivity index (χ1) is 11.1. The van der Waals surface area contributed by atoms with Crippen LogP contribution in [0.25, 0.3) is 11.3 Å². The van der Waals surface area contributed by atoms with Crippen LogP contribution in [0.1, 0.15) is 19.0 Å². The molecule has 0 amide bonds. The van der Waals surface area contributed by atoms with Gasteiger partial charge in [-0.05, 0) is 32.4 Å². The molecule has 6 heteroatoms. The topological polar surface area (TPSA) is 71.2 Å². The molecule has 1 atom stereocenters. The van der Waals surface area contributed by atoms with Crippen LogP contribution in [0.2, 0.25) is 0 Å². The second-order valence-electron chi connectivity index (χ2n) is 6.01. The Morgan fingerprint density at radius 2 is 2.26 bits per heavy atom. The largest absolute Gasteiger partial charge is 0.396 e. The zero-order chi connectivity index (χ0) is 16.4. The van der Waals surface area contributed by atoms with Gasteiger partial charge in [-0.15, -0.1) is 0 Å². The monoisotopic (exact) mass is 314 g/mol. The summed E-state index contributed by atoms with van der Waals surface area (Å²) in [5.41, 5.74) is 2.58. The number of rotatable bonds is 4. The Morgan fingerprint density at radius 3 is 2.91 bits per heavy atom. The van der Waals surface area contributed by atoms with Crippen LogP contribution in [-0.2, 0) is 6.54 Å². The van der Waals surface area contributed by atoms with Gasteiger partial charge in [0, 0.05) is 55.8 Å². The van der Waals surface area contributed by atoms with Crippen molar-refractivity contribution in [2.24, 2.45) is 5.92 Å². The SMILES string of the molecule is CCn1cc(-c2ccnc(C)c2)nc(N2CC[C@@H](CO)C2)c1=O. The second kappa shape index (κ2) is 6.50. The van der Waals surface area contributed by atoms with Crippen LogP contribution in [-0.4, -0.2) is 39.3 Å². The zero-order valence-corrected chi connectivity index (χ0v) is 13.6. The van der Waals surface area contributed by atoms with Gasteiger partial charge in [0.1, 0.15) is 0 Å². The molecule has 3 heterocycles. The molecule has 0 unspecified atom stereocenters. The van der Waals surface area contributed by atoms with Gasteiger partial charge < -0.3 is 14.6 Å². The van der Waals surface area contributed by atoms with Crippen molar-refractivity contribution in [3.05, 3.63) is 40.6 Å². The first-order valence-electron chi connectivity index (χ1n) is 8.02. The second-order valence-corrected chi connectivity index (χ2v) is 6.01. The third kappa shape index (κ3) is 3.12. The molecule has 0 saturated carbocycles. The Balaban J connectivity index is 2.06. The Hall–Kier alpha value is -2.21. The summed E-state index contributed by atoms with van der Waals surface area (Å²) in [6.07, 6.45) is 4.45. The highest BCUT2D eigenvalue weighted by molar-refractivity contribution is 5.60. The van der Waals surface area contributed by atoms with E-state index in [4.69, 9.17) is 0 Å². The number of aryl methyl sites for hydroxylation is 2. The van der Waals surface area contributed by atoms with Crippen molar-refractivity contribution < 1.29 is 5.11 Å². The quantitative estimate of drug-likeness (QED) is 0.925. The Kier molecular flexibility index (Phi) is 4.43. The normalized spacial score (nSPS) is 17.7. The molecule has 1 aliphatic rings. The van der Waals surface area contributed by atoms with E-state index in [9.17, 15) is 9.90 Å². The lowest BCUT2D eigenvalue weighted by Crippen LogP contribution is -2.32. The number of aliphatic hydroxyl groups is 1. The van der Waals surface area contributed by atoms with E-state index in [1.807, 2.05) is 30.9 Å². The Bertz CT molecular complexity index is 756. The maximum Gasteiger partial charge on any atom is 0.293 e. The molecular formula is C17H22N4O2. The molecule has 3 rings (SSSR count). The number of hydrogen-bond acceptors (Lipinski definition) is 5. The molecule has 0 bridgehead atoms. The summed E-state index contributed by atoms with van der Waals surface area (Å²) in [5.74, 6) is 0.702. The van der Waals surface area contributed by atoms with Crippen molar-refractivity contribution >= 4 is 5.82 Å². The van der Waals surface area contributed by atoms with Crippen LogP contribution in [0.15, 0.2) is 29.3 Å². The molecule has 0 aromatic carbocycles. The van der Waals surface area contributed by atoms with E-state index in [0.717, 1.165) is 29.9 Å². The first-order valence-corrected chi connectivity index (χ1v) is 8.02. The number of aromatic nitrogens is 3. The molecule has 0 spiro atoms. The predicted octanol–water partition coefficient (Wildman–Crippen LogP) is 1.45. The number of nitrogens with zero attached hydrogens (tertiary/aromatic N) is 4. The molecular weight excluding hydrogens is 292 g/mol. The van der Waals surface area contributed by atoms with E-state index >= 15 is 0 Å². The van der Waals surface area contributed by atoms with Gasteiger partial charge in [-0.1, -0.05) is 0 Å². The lowest BCUT2D eigenvalue weighted by atomic mass is 10.1. The van der Waals surface area contributed by atoms with Gasteiger partial charge in [0.05, 0.1) is 5.69 Å². The van der Waals surface area contributed by atoms with Crippen molar-refractivity contribution in [1.29, 1.82) is 0 Å². The van der Waals surface area contributed by atoms with E-state index in [1.54, 1.807) is 17.0 Å². The fourth-order valence-electron chi connectivity index (χ4n) is 2.98. The molecule has 1 N–H and O–H groups in total.